The fourth-order valence-corrected chi connectivity index (χ4v) is 5.24. The van der Waals surface area contributed by atoms with Crippen LogP contribution in [0.3, 0.4) is 0 Å². The normalized spacial score (nSPS) is 11.9. The Kier molecular flexibility index (Phi) is 10.00. The van der Waals surface area contributed by atoms with E-state index < -0.39 is 46.1 Å². The third kappa shape index (κ3) is 7.53. The maximum atomic E-state index is 13.7. The third-order valence-electron chi connectivity index (χ3n) is 5.90. The Bertz CT molecular complexity index is 1370. The molecular weight excluding hydrogens is 528 g/mol. The third-order valence-corrected chi connectivity index (χ3v) is 7.69. The first kappa shape index (κ1) is 29.6. The van der Waals surface area contributed by atoms with Crippen LogP contribution >= 0.6 is 0 Å². The van der Waals surface area contributed by atoms with Crippen molar-refractivity contribution in [2.75, 3.05) is 24.0 Å². The molecule has 11 heteroatoms. The molecule has 2 amide bonds. The van der Waals surface area contributed by atoms with Gasteiger partial charge in [-0.3, -0.25) is 13.9 Å². The molecule has 0 unspecified atom stereocenters. The van der Waals surface area contributed by atoms with Crippen LogP contribution in [0.15, 0.2) is 77.7 Å². The molecule has 8 nitrogen and oxygen atoms in total. The summed E-state index contributed by atoms with van der Waals surface area (Å²) in [6, 6.07) is 14.9. The van der Waals surface area contributed by atoms with Gasteiger partial charge in [0.25, 0.3) is 10.0 Å². The maximum Gasteiger partial charge on any atom is 0.264 e. The molecule has 0 bridgehead atoms. The molecule has 3 rings (SSSR count). The minimum Gasteiger partial charge on any atom is -0.494 e. The zero-order chi connectivity index (χ0) is 28.6. The molecule has 39 heavy (non-hydrogen) atoms. The van der Waals surface area contributed by atoms with E-state index in [9.17, 15) is 26.8 Å². The van der Waals surface area contributed by atoms with E-state index in [4.69, 9.17) is 4.74 Å². The second-order valence-electron chi connectivity index (χ2n) is 8.61. The number of hydrogen-bond donors (Lipinski definition) is 1. The van der Waals surface area contributed by atoms with Crippen LogP contribution in [-0.2, 0) is 26.2 Å². The van der Waals surface area contributed by atoms with E-state index in [0.29, 0.717) is 24.5 Å². The second-order valence-corrected chi connectivity index (χ2v) is 10.5. The van der Waals surface area contributed by atoms with Gasteiger partial charge < -0.3 is 15.0 Å². The van der Waals surface area contributed by atoms with Crippen molar-refractivity contribution in [2.24, 2.45) is 0 Å². The Morgan fingerprint density at radius 2 is 1.46 bits per heavy atom. The van der Waals surface area contributed by atoms with Gasteiger partial charge in [0.2, 0.25) is 11.8 Å². The molecule has 0 radical (unpaired) electrons. The van der Waals surface area contributed by atoms with E-state index in [2.05, 4.69) is 5.32 Å². The largest absolute Gasteiger partial charge is 0.494 e. The highest BCUT2D eigenvalue weighted by molar-refractivity contribution is 7.92. The predicted octanol–water partition coefficient (Wildman–Crippen LogP) is 4.11. The van der Waals surface area contributed by atoms with Gasteiger partial charge in [0.05, 0.1) is 17.2 Å². The number of amides is 2. The SMILES string of the molecule is CCNC(=O)[C@H](C)N(Cc1ccc(F)cc1)C(=O)CN(c1ccc(OCC)cc1)S(=O)(=O)c1ccc(F)cc1. The molecule has 208 valence electrons. The van der Waals surface area contributed by atoms with Gasteiger partial charge in [-0.1, -0.05) is 12.1 Å². The molecule has 3 aromatic carbocycles. The van der Waals surface area contributed by atoms with Crippen LogP contribution in [0.2, 0.25) is 0 Å². The number of nitrogens with one attached hydrogen (secondary N) is 1. The molecule has 3 aromatic rings. The highest BCUT2D eigenvalue weighted by atomic mass is 32.2. The Hall–Kier alpha value is -3.99. The van der Waals surface area contributed by atoms with Gasteiger partial charge in [-0.2, -0.15) is 0 Å². The molecular formula is C28H31F2N3O5S. The lowest BCUT2D eigenvalue weighted by molar-refractivity contribution is -0.139. The van der Waals surface area contributed by atoms with Gasteiger partial charge in [-0.25, -0.2) is 17.2 Å². The van der Waals surface area contributed by atoms with E-state index in [1.807, 2.05) is 6.92 Å². The zero-order valence-electron chi connectivity index (χ0n) is 21.9. The average molecular weight is 560 g/mol. The molecule has 0 saturated carbocycles. The zero-order valence-corrected chi connectivity index (χ0v) is 22.8. The van der Waals surface area contributed by atoms with Crippen molar-refractivity contribution >= 4 is 27.5 Å². The first-order chi connectivity index (χ1) is 18.6. The first-order valence-electron chi connectivity index (χ1n) is 12.4. The molecule has 0 aliphatic carbocycles. The molecule has 1 atom stereocenters. The standard InChI is InChI=1S/C28H31F2N3O5S/c1-4-31-28(35)20(3)32(18-21-6-8-22(29)9-7-21)27(34)19-33(24-12-14-25(15-13-24)38-5-2)39(36,37)26-16-10-23(30)11-17-26/h6-17,20H,4-5,18-19H2,1-3H3,(H,31,35)/t20-/m0/s1. The van der Waals surface area contributed by atoms with E-state index >= 15 is 0 Å². The van der Waals surface area contributed by atoms with E-state index in [1.165, 1.54) is 48.2 Å². The molecule has 0 spiro atoms. The summed E-state index contributed by atoms with van der Waals surface area (Å²) in [6.07, 6.45) is 0. The molecule has 0 heterocycles. The van der Waals surface area contributed by atoms with Gasteiger partial charge in [0, 0.05) is 13.1 Å². The van der Waals surface area contributed by atoms with Crippen LogP contribution in [0.5, 0.6) is 5.75 Å². The van der Waals surface area contributed by atoms with Gasteiger partial charge in [0.15, 0.2) is 0 Å². The lowest BCUT2D eigenvalue weighted by Gasteiger charge is -2.32. The summed E-state index contributed by atoms with van der Waals surface area (Å²) in [5.41, 5.74) is 0.721. The number of anilines is 1. The Morgan fingerprint density at radius 3 is 2.00 bits per heavy atom. The van der Waals surface area contributed by atoms with Crippen molar-refractivity contribution in [3.8, 4) is 5.75 Å². The topological polar surface area (TPSA) is 96.0 Å². The highest BCUT2D eigenvalue weighted by Gasteiger charge is 2.32. The quantitative estimate of drug-likeness (QED) is 0.360. The summed E-state index contributed by atoms with van der Waals surface area (Å²) in [6.45, 7) is 5.10. The van der Waals surface area contributed by atoms with Gasteiger partial charge in [-0.05, 0) is 87.0 Å². The number of sulfonamides is 1. The van der Waals surface area contributed by atoms with Crippen molar-refractivity contribution in [1.29, 1.82) is 0 Å². The van der Waals surface area contributed by atoms with Crippen molar-refractivity contribution in [1.82, 2.24) is 10.2 Å². The number of hydrogen-bond acceptors (Lipinski definition) is 5. The van der Waals surface area contributed by atoms with Gasteiger partial charge in [0.1, 0.15) is 30.0 Å². The number of ether oxygens (including phenoxy) is 1. The monoisotopic (exact) mass is 559 g/mol. The van der Waals surface area contributed by atoms with Gasteiger partial charge in [-0.15, -0.1) is 0 Å². The fourth-order valence-electron chi connectivity index (χ4n) is 3.83. The molecule has 0 aliphatic rings. The average Bonchev–Trinajstić information content (AvgIpc) is 2.92. The summed E-state index contributed by atoms with van der Waals surface area (Å²) in [5.74, 6) is -1.66. The summed E-state index contributed by atoms with van der Waals surface area (Å²) >= 11 is 0. The van der Waals surface area contributed by atoms with Crippen molar-refractivity contribution in [2.45, 2.75) is 38.3 Å². The second kappa shape index (κ2) is 13.2. The number of carbonyl (C=O) groups is 2. The predicted molar refractivity (Wildman–Crippen MR) is 144 cm³/mol. The smallest absolute Gasteiger partial charge is 0.264 e. The minimum atomic E-state index is -4.33. The van der Waals surface area contributed by atoms with Crippen molar-refractivity contribution < 1.29 is 31.5 Å². The Labute approximate surface area is 227 Å². The molecule has 0 aliphatic heterocycles. The van der Waals surface area contributed by atoms with E-state index in [-0.39, 0.29) is 17.1 Å². The first-order valence-corrected chi connectivity index (χ1v) is 13.8. The summed E-state index contributed by atoms with van der Waals surface area (Å²) in [4.78, 5) is 27.4. The van der Waals surface area contributed by atoms with Crippen LogP contribution in [0, 0.1) is 11.6 Å². The van der Waals surface area contributed by atoms with E-state index in [0.717, 1.165) is 28.6 Å². The Morgan fingerprint density at radius 1 is 0.897 bits per heavy atom. The number of carbonyl (C=O) groups excluding carboxylic acids is 2. The fraction of sp³-hybridized carbons (Fsp3) is 0.286. The lowest BCUT2D eigenvalue weighted by Crippen LogP contribution is -2.51. The van der Waals surface area contributed by atoms with Crippen molar-refractivity contribution in [3.63, 3.8) is 0 Å². The van der Waals surface area contributed by atoms with Crippen LogP contribution < -0.4 is 14.4 Å². The summed E-state index contributed by atoms with van der Waals surface area (Å²) in [7, 11) is -4.33. The molecule has 0 saturated heterocycles. The molecule has 1 N–H and O–H groups in total. The van der Waals surface area contributed by atoms with Gasteiger partial charge >= 0.3 is 0 Å². The van der Waals surface area contributed by atoms with Crippen LogP contribution in [0.1, 0.15) is 26.3 Å². The number of nitrogens with zero attached hydrogens (tertiary/aromatic N) is 2. The summed E-state index contributed by atoms with van der Waals surface area (Å²) in [5, 5.41) is 2.67. The number of halogens is 2. The maximum absolute atomic E-state index is 13.7. The molecule has 0 fully saturated rings. The number of benzene rings is 3. The molecule has 0 aromatic heterocycles. The Balaban J connectivity index is 2.02. The van der Waals surface area contributed by atoms with Crippen LogP contribution in [-0.4, -0.2) is 50.9 Å². The summed E-state index contributed by atoms with van der Waals surface area (Å²) < 4.78 is 60.8. The van der Waals surface area contributed by atoms with Crippen LogP contribution in [0.4, 0.5) is 14.5 Å². The van der Waals surface area contributed by atoms with Crippen molar-refractivity contribution in [3.05, 3.63) is 90.0 Å². The minimum absolute atomic E-state index is 0.0644. The van der Waals surface area contributed by atoms with E-state index in [1.54, 1.807) is 19.1 Å². The van der Waals surface area contributed by atoms with Crippen LogP contribution in [0.25, 0.3) is 0 Å². The highest BCUT2D eigenvalue weighted by Crippen LogP contribution is 2.27. The number of rotatable bonds is 12. The lowest BCUT2D eigenvalue weighted by atomic mass is 10.1. The number of likely N-dealkylation sites (N-methyl/N-ethyl adjacent to an activating group) is 1.